The van der Waals surface area contributed by atoms with Crippen molar-refractivity contribution in [2.24, 2.45) is 11.8 Å². The zero-order valence-corrected chi connectivity index (χ0v) is 13.7. The van der Waals surface area contributed by atoms with Crippen LogP contribution >= 0.6 is 0 Å². The molecule has 2 atom stereocenters. The maximum absolute atomic E-state index is 11.6. The first-order chi connectivity index (χ1) is 10.0. The van der Waals surface area contributed by atoms with E-state index in [4.69, 9.17) is 4.74 Å². The average molecular weight is 316 g/mol. The van der Waals surface area contributed by atoms with Crippen LogP contribution in [0.25, 0.3) is 0 Å². The molecule has 122 valence electrons. The summed E-state index contributed by atoms with van der Waals surface area (Å²) in [6, 6.07) is 0.420. The zero-order valence-electron chi connectivity index (χ0n) is 12.9. The molecule has 0 aromatic rings. The molecule has 2 aliphatic carbocycles. The molecule has 0 amide bonds. The zero-order chi connectivity index (χ0) is 14.9. The number of rotatable bonds is 5. The van der Waals surface area contributed by atoms with Crippen molar-refractivity contribution in [1.29, 1.82) is 0 Å². The Bertz CT molecular complexity index is 442. The minimum Gasteiger partial charge on any atom is -0.362 e. The second-order valence-corrected chi connectivity index (χ2v) is 9.39. The second-order valence-electron chi connectivity index (χ2n) is 7.06. The first kappa shape index (κ1) is 15.7. The Balaban J connectivity index is 1.45. The van der Waals surface area contributed by atoms with Gasteiger partial charge in [-0.25, -0.2) is 8.42 Å². The lowest BCUT2D eigenvalue weighted by atomic mass is 9.83. The molecule has 2 saturated carbocycles. The van der Waals surface area contributed by atoms with Crippen molar-refractivity contribution in [1.82, 2.24) is 10.6 Å². The Labute approximate surface area is 128 Å². The monoisotopic (exact) mass is 316 g/mol. The lowest BCUT2D eigenvalue weighted by molar-refractivity contribution is -0.00590. The standard InChI is InChI=1S/C15H28N2O3S/c1-21(18,19)13-6-4-12(5-7-13)14-8-16-9-15(17-14)20-10-11-2-3-11/h11-17H,2-10H2,1H3. The number of piperazine rings is 1. The number of hydrogen-bond donors (Lipinski definition) is 2. The van der Waals surface area contributed by atoms with E-state index in [0.29, 0.717) is 12.0 Å². The van der Waals surface area contributed by atoms with Crippen LogP contribution in [0.3, 0.4) is 0 Å². The summed E-state index contributed by atoms with van der Waals surface area (Å²) in [5.41, 5.74) is 0. The molecule has 0 aromatic heterocycles. The van der Waals surface area contributed by atoms with E-state index in [1.807, 2.05) is 0 Å². The number of ether oxygens (including phenoxy) is 1. The number of hydrogen-bond acceptors (Lipinski definition) is 5. The van der Waals surface area contributed by atoms with E-state index in [1.54, 1.807) is 0 Å². The van der Waals surface area contributed by atoms with Crippen molar-refractivity contribution in [3.8, 4) is 0 Å². The fourth-order valence-electron chi connectivity index (χ4n) is 3.59. The molecule has 5 nitrogen and oxygen atoms in total. The minimum absolute atomic E-state index is 0.118. The number of nitrogens with one attached hydrogen (secondary N) is 2. The average Bonchev–Trinajstić information content (AvgIpc) is 3.29. The Morgan fingerprint density at radius 2 is 1.76 bits per heavy atom. The van der Waals surface area contributed by atoms with Crippen LogP contribution in [0.2, 0.25) is 0 Å². The molecule has 0 radical (unpaired) electrons. The summed E-state index contributed by atoms with van der Waals surface area (Å²) >= 11 is 0. The molecule has 0 aromatic carbocycles. The van der Waals surface area contributed by atoms with E-state index in [0.717, 1.165) is 51.3 Å². The summed E-state index contributed by atoms with van der Waals surface area (Å²) in [7, 11) is -2.86. The Morgan fingerprint density at radius 3 is 2.38 bits per heavy atom. The van der Waals surface area contributed by atoms with Gasteiger partial charge in [0.2, 0.25) is 0 Å². The van der Waals surface area contributed by atoms with E-state index in [1.165, 1.54) is 19.1 Å². The van der Waals surface area contributed by atoms with Crippen molar-refractivity contribution in [2.45, 2.75) is 56.0 Å². The minimum atomic E-state index is -2.86. The molecule has 1 saturated heterocycles. The van der Waals surface area contributed by atoms with Gasteiger partial charge in [0.25, 0.3) is 0 Å². The van der Waals surface area contributed by atoms with E-state index >= 15 is 0 Å². The summed E-state index contributed by atoms with van der Waals surface area (Å²) in [6.45, 7) is 2.73. The molecular weight excluding hydrogens is 288 g/mol. The van der Waals surface area contributed by atoms with E-state index in [9.17, 15) is 8.42 Å². The molecule has 21 heavy (non-hydrogen) atoms. The molecule has 3 aliphatic rings. The Hall–Kier alpha value is -0.170. The van der Waals surface area contributed by atoms with Crippen LogP contribution in [-0.2, 0) is 14.6 Å². The van der Waals surface area contributed by atoms with Crippen molar-refractivity contribution in [2.75, 3.05) is 26.0 Å². The largest absolute Gasteiger partial charge is 0.362 e. The normalized spacial score (nSPS) is 38.3. The van der Waals surface area contributed by atoms with Gasteiger partial charge in [-0.3, -0.25) is 5.32 Å². The maximum atomic E-state index is 11.6. The highest BCUT2D eigenvalue weighted by Gasteiger charge is 2.34. The van der Waals surface area contributed by atoms with Crippen molar-refractivity contribution in [3.05, 3.63) is 0 Å². The van der Waals surface area contributed by atoms with Gasteiger partial charge in [0, 0.05) is 25.4 Å². The van der Waals surface area contributed by atoms with Crippen LogP contribution in [-0.4, -0.2) is 51.9 Å². The first-order valence-corrected chi connectivity index (χ1v) is 10.2. The fraction of sp³-hybridized carbons (Fsp3) is 1.00. The highest BCUT2D eigenvalue weighted by Crippen LogP contribution is 2.31. The van der Waals surface area contributed by atoms with Crippen LogP contribution < -0.4 is 10.6 Å². The van der Waals surface area contributed by atoms with Gasteiger partial charge >= 0.3 is 0 Å². The summed E-state index contributed by atoms with van der Waals surface area (Å²) < 4.78 is 29.2. The van der Waals surface area contributed by atoms with Crippen LogP contribution in [0.5, 0.6) is 0 Å². The highest BCUT2D eigenvalue weighted by molar-refractivity contribution is 7.91. The lowest BCUT2D eigenvalue weighted by Gasteiger charge is -2.39. The van der Waals surface area contributed by atoms with E-state index in [-0.39, 0.29) is 11.5 Å². The molecule has 0 bridgehead atoms. The van der Waals surface area contributed by atoms with Gasteiger partial charge in [-0.2, -0.15) is 0 Å². The molecule has 2 unspecified atom stereocenters. The third-order valence-corrected chi connectivity index (χ3v) is 6.90. The molecule has 6 heteroatoms. The molecule has 2 N–H and O–H groups in total. The maximum Gasteiger partial charge on any atom is 0.150 e. The first-order valence-electron chi connectivity index (χ1n) is 8.29. The summed E-state index contributed by atoms with van der Waals surface area (Å²) in [6.07, 6.45) is 7.78. The van der Waals surface area contributed by atoms with Gasteiger partial charge in [-0.1, -0.05) is 0 Å². The van der Waals surface area contributed by atoms with Crippen LogP contribution in [0.4, 0.5) is 0 Å². The quantitative estimate of drug-likeness (QED) is 0.789. The van der Waals surface area contributed by atoms with E-state index in [2.05, 4.69) is 10.6 Å². The predicted molar refractivity (Wildman–Crippen MR) is 82.8 cm³/mol. The second kappa shape index (κ2) is 6.52. The topological polar surface area (TPSA) is 67.4 Å². The fourth-order valence-corrected chi connectivity index (χ4v) is 4.72. The van der Waals surface area contributed by atoms with Gasteiger partial charge in [-0.15, -0.1) is 0 Å². The van der Waals surface area contributed by atoms with Gasteiger partial charge in [0.1, 0.15) is 16.1 Å². The van der Waals surface area contributed by atoms with Crippen LogP contribution in [0.1, 0.15) is 38.5 Å². The third-order valence-electron chi connectivity index (χ3n) is 5.22. The summed E-state index contributed by atoms with van der Waals surface area (Å²) in [5.74, 6) is 1.36. The summed E-state index contributed by atoms with van der Waals surface area (Å²) in [4.78, 5) is 0. The van der Waals surface area contributed by atoms with Gasteiger partial charge < -0.3 is 10.1 Å². The molecular formula is C15H28N2O3S. The lowest BCUT2D eigenvalue weighted by Crippen LogP contribution is -2.59. The van der Waals surface area contributed by atoms with Crippen molar-refractivity contribution in [3.63, 3.8) is 0 Å². The van der Waals surface area contributed by atoms with Gasteiger partial charge in [-0.05, 0) is 50.4 Å². The van der Waals surface area contributed by atoms with Crippen LogP contribution in [0.15, 0.2) is 0 Å². The van der Waals surface area contributed by atoms with Crippen molar-refractivity contribution < 1.29 is 13.2 Å². The number of sulfone groups is 1. The SMILES string of the molecule is CS(=O)(=O)C1CCC(C2CNCC(OCC3CC3)N2)CC1. The van der Waals surface area contributed by atoms with Gasteiger partial charge in [0.05, 0.1) is 11.9 Å². The molecule has 0 spiro atoms. The van der Waals surface area contributed by atoms with Gasteiger partial charge in [0.15, 0.2) is 0 Å². The van der Waals surface area contributed by atoms with Crippen LogP contribution in [0, 0.1) is 11.8 Å². The Kier molecular flexibility index (Phi) is 4.88. The highest BCUT2D eigenvalue weighted by atomic mass is 32.2. The molecule has 3 fully saturated rings. The molecule has 3 rings (SSSR count). The Morgan fingerprint density at radius 1 is 1.05 bits per heavy atom. The molecule has 1 aliphatic heterocycles. The molecule has 1 heterocycles. The smallest absolute Gasteiger partial charge is 0.150 e. The predicted octanol–water partition coefficient (Wildman–Crippen LogP) is 0.904. The third kappa shape index (κ3) is 4.41. The summed E-state index contributed by atoms with van der Waals surface area (Å²) in [5, 5.41) is 6.97. The van der Waals surface area contributed by atoms with E-state index < -0.39 is 9.84 Å². The van der Waals surface area contributed by atoms with Crippen molar-refractivity contribution >= 4 is 9.84 Å².